The van der Waals surface area contributed by atoms with Crippen molar-refractivity contribution in [3.05, 3.63) is 65.0 Å². The number of nitrogens with one attached hydrogen (secondary N) is 3. The van der Waals surface area contributed by atoms with Crippen LogP contribution in [-0.2, 0) is 4.79 Å². The second-order valence-electron chi connectivity index (χ2n) is 5.13. The van der Waals surface area contributed by atoms with Gasteiger partial charge in [0.05, 0.1) is 6.54 Å². The van der Waals surface area contributed by atoms with Crippen LogP contribution in [0.5, 0.6) is 0 Å². The minimum absolute atomic E-state index is 0.0232. The van der Waals surface area contributed by atoms with E-state index in [4.69, 9.17) is 0 Å². The van der Waals surface area contributed by atoms with E-state index in [-0.39, 0.29) is 18.0 Å². The fraction of sp³-hybridized carbons (Fsp3) is 0.176. The maximum Gasteiger partial charge on any atom is 0.269 e. The van der Waals surface area contributed by atoms with Crippen molar-refractivity contribution < 1.29 is 14.0 Å². The fourth-order valence-corrected chi connectivity index (χ4v) is 2.11. The number of amides is 2. The molecule has 3 N–H and O–H groups in total. The first kappa shape index (κ1) is 16.5. The predicted octanol–water partition coefficient (Wildman–Crippen LogP) is 2.32. The summed E-state index contributed by atoms with van der Waals surface area (Å²) >= 11 is 0. The molecule has 0 aliphatic rings. The third kappa shape index (κ3) is 4.54. The summed E-state index contributed by atoms with van der Waals surface area (Å²) in [6, 6.07) is 10.9. The van der Waals surface area contributed by atoms with Crippen LogP contribution in [0.4, 0.5) is 10.1 Å². The lowest BCUT2D eigenvalue weighted by atomic mass is 10.1. The summed E-state index contributed by atoms with van der Waals surface area (Å²) in [4.78, 5) is 23.6. The van der Waals surface area contributed by atoms with Gasteiger partial charge in [-0.25, -0.2) is 4.39 Å². The summed E-state index contributed by atoms with van der Waals surface area (Å²) in [5.74, 6) is -1.32. The largest absolute Gasteiger partial charge is 0.376 e. The highest BCUT2D eigenvalue weighted by Crippen LogP contribution is 2.18. The van der Waals surface area contributed by atoms with Gasteiger partial charge in [0, 0.05) is 11.3 Å². The molecular weight excluding hydrogens is 297 g/mol. The maximum atomic E-state index is 12.8. The topological polar surface area (TPSA) is 70.2 Å². The molecule has 120 valence electrons. The molecule has 0 unspecified atom stereocenters. The van der Waals surface area contributed by atoms with Gasteiger partial charge in [-0.1, -0.05) is 18.2 Å². The van der Waals surface area contributed by atoms with Crippen molar-refractivity contribution in [2.75, 3.05) is 11.9 Å². The number of anilines is 1. The Bertz CT molecular complexity index is 694. The predicted molar refractivity (Wildman–Crippen MR) is 86.4 cm³/mol. The molecule has 0 heterocycles. The Kier molecular flexibility index (Phi) is 5.30. The molecule has 0 bridgehead atoms. The zero-order valence-corrected chi connectivity index (χ0v) is 12.9. The molecule has 0 radical (unpaired) electrons. The van der Waals surface area contributed by atoms with Gasteiger partial charge in [0.2, 0.25) is 0 Å². The van der Waals surface area contributed by atoms with Crippen LogP contribution in [0.25, 0.3) is 0 Å². The van der Waals surface area contributed by atoms with Crippen molar-refractivity contribution in [3.63, 3.8) is 0 Å². The first-order chi connectivity index (χ1) is 11.0. The number of carbonyl (C=O) groups excluding carboxylic acids is 2. The monoisotopic (exact) mass is 315 g/mol. The lowest BCUT2D eigenvalue weighted by molar-refractivity contribution is -0.120. The number of hydrogen-bond acceptors (Lipinski definition) is 3. The summed E-state index contributed by atoms with van der Waals surface area (Å²) in [5.41, 5.74) is 7.82. The summed E-state index contributed by atoms with van der Waals surface area (Å²) in [7, 11) is 0. The number of hydrazine groups is 1. The number of rotatable bonds is 4. The third-order valence-corrected chi connectivity index (χ3v) is 3.33. The molecule has 2 aromatic rings. The highest BCUT2D eigenvalue weighted by molar-refractivity contribution is 5.95. The molecule has 0 aromatic heterocycles. The Morgan fingerprint density at radius 2 is 1.57 bits per heavy atom. The molecule has 2 rings (SSSR count). The average molecular weight is 315 g/mol. The van der Waals surface area contributed by atoms with E-state index in [2.05, 4.69) is 16.2 Å². The smallest absolute Gasteiger partial charge is 0.269 e. The summed E-state index contributed by atoms with van der Waals surface area (Å²) < 4.78 is 12.8. The zero-order chi connectivity index (χ0) is 16.8. The van der Waals surface area contributed by atoms with E-state index in [1.807, 2.05) is 32.0 Å². The van der Waals surface area contributed by atoms with Gasteiger partial charge in [0.15, 0.2) is 0 Å². The molecule has 0 fully saturated rings. The van der Waals surface area contributed by atoms with Crippen LogP contribution in [-0.4, -0.2) is 18.4 Å². The SMILES string of the molecule is Cc1cccc(C)c1NCC(=O)NNC(=O)c1ccc(F)cc1. The summed E-state index contributed by atoms with van der Waals surface area (Å²) in [5, 5.41) is 3.04. The van der Waals surface area contributed by atoms with Crippen LogP contribution >= 0.6 is 0 Å². The van der Waals surface area contributed by atoms with E-state index in [1.165, 1.54) is 24.3 Å². The zero-order valence-electron chi connectivity index (χ0n) is 12.9. The number of benzene rings is 2. The van der Waals surface area contributed by atoms with E-state index in [0.29, 0.717) is 0 Å². The highest BCUT2D eigenvalue weighted by atomic mass is 19.1. The second kappa shape index (κ2) is 7.40. The van der Waals surface area contributed by atoms with Crippen LogP contribution in [0.1, 0.15) is 21.5 Å². The number of carbonyl (C=O) groups is 2. The molecule has 0 saturated carbocycles. The quantitative estimate of drug-likeness (QED) is 0.758. The molecule has 2 amide bonds. The van der Waals surface area contributed by atoms with Gasteiger partial charge in [-0.2, -0.15) is 0 Å². The average Bonchev–Trinajstić information content (AvgIpc) is 2.53. The second-order valence-corrected chi connectivity index (χ2v) is 5.13. The Labute approximate surface area is 133 Å². The van der Waals surface area contributed by atoms with E-state index < -0.39 is 11.7 Å². The fourth-order valence-electron chi connectivity index (χ4n) is 2.11. The molecule has 2 aromatic carbocycles. The van der Waals surface area contributed by atoms with Crippen LogP contribution in [0.15, 0.2) is 42.5 Å². The van der Waals surface area contributed by atoms with Crippen molar-refractivity contribution in [2.45, 2.75) is 13.8 Å². The standard InChI is InChI=1S/C17H18FN3O2/c1-11-4-3-5-12(2)16(11)19-10-15(22)20-21-17(23)13-6-8-14(18)9-7-13/h3-9,19H,10H2,1-2H3,(H,20,22)(H,21,23). The van der Waals surface area contributed by atoms with Crippen LogP contribution in [0.3, 0.4) is 0 Å². The lowest BCUT2D eigenvalue weighted by Gasteiger charge is -2.13. The van der Waals surface area contributed by atoms with Crippen molar-refractivity contribution >= 4 is 17.5 Å². The Morgan fingerprint density at radius 1 is 0.957 bits per heavy atom. The van der Waals surface area contributed by atoms with Gasteiger partial charge in [0.25, 0.3) is 11.8 Å². The van der Waals surface area contributed by atoms with Gasteiger partial charge < -0.3 is 5.32 Å². The normalized spacial score (nSPS) is 10.0. The molecule has 5 nitrogen and oxygen atoms in total. The Balaban J connectivity index is 1.83. The van der Waals surface area contributed by atoms with E-state index in [0.717, 1.165) is 16.8 Å². The molecule has 23 heavy (non-hydrogen) atoms. The van der Waals surface area contributed by atoms with Crippen molar-refractivity contribution in [1.82, 2.24) is 10.9 Å². The Hall–Kier alpha value is -2.89. The first-order valence-corrected chi connectivity index (χ1v) is 7.12. The van der Waals surface area contributed by atoms with Crippen LogP contribution < -0.4 is 16.2 Å². The number of aryl methyl sites for hydroxylation is 2. The molecule has 0 atom stereocenters. The maximum absolute atomic E-state index is 12.8. The lowest BCUT2D eigenvalue weighted by Crippen LogP contribution is -2.44. The van der Waals surface area contributed by atoms with Crippen molar-refractivity contribution in [2.24, 2.45) is 0 Å². The van der Waals surface area contributed by atoms with E-state index in [9.17, 15) is 14.0 Å². The van der Waals surface area contributed by atoms with Gasteiger partial charge in [-0.15, -0.1) is 0 Å². The number of halogens is 1. The van der Waals surface area contributed by atoms with E-state index in [1.54, 1.807) is 0 Å². The van der Waals surface area contributed by atoms with Crippen molar-refractivity contribution in [1.29, 1.82) is 0 Å². The van der Waals surface area contributed by atoms with Gasteiger partial charge in [-0.3, -0.25) is 20.4 Å². The third-order valence-electron chi connectivity index (χ3n) is 3.33. The van der Waals surface area contributed by atoms with Gasteiger partial charge in [0.1, 0.15) is 5.82 Å². The molecule has 0 spiro atoms. The summed E-state index contributed by atoms with van der Waals surface area (Å²) in [6.45, 7) is 3.92. The van der Waals surface area contributed by atoms with Crippen LogP contribution in [0, 0.1) is 19.7 Å². The minimum atomic E-state index is -0.509. The highest BCUT2D eigenvalue weighted by Gasteiger charge is 2.08. The van der Waals surface area contributed by atoms with Crippen molar-refractivity contribution in [3.8, 4) is 0 Å². The summed E-state index contributed by atoms with van der Waals surface area (Å²) in [6.07, 6.45) is 0. The molecule has 0 aliphatic carbocycles. The number of para-hydroxylation sites is 1. The van der Waals surface area contributed by atoms with Gasteiger partial charge >= 0.3 is 0 Å². The van der Waals surface area contributed by atoms with Gasteiger partial charge in [-0.05, 0) is 49.2 Å². The molecular formula is C17H18FN3O2. The number of hydrogen-bond donors (Lipinski definition) is 3. The molecule has 6 heteroatoms. The van der Waals surface area contributed by atoms with E-state index >= 15 is 0 Å². The minimum Gasteiger partial charge on any atom is -0.376 e. The first-order valence-electron chi connectivity index (χ1n) is 7.12. The molecule has 0 saturated heterocycles. The Morgan fingerprint density at radius 3 is 2.17 bits per heavy atom. The molecule has 0 aliphatic heterocycles. The van der Waals surface area contributed by atoms with Crippen LogP contribution in [0.2, 0.25) is 0 Å².